The van der Waals surface area contributed by atoms with Gasteiger partial charge in [0.05, 0.1) is 0 Å². The van der Waals surface area contributed by atoms with Crippen molar-refractivity contribution in [1.82, 2.24) is 0 Å². The van der Waals surface area contributed by atoms with E-state index in [1.807, 2.05) is 48.5 Å². The highest BCUT2D eigenvalue weighted by molar-refractivity contribution is 6.30. The van der Waals surface area contributed by atoms with E-state index in [1.165, 1.54) is 12.1 Å². The van der Waals surface area contributed by atoms with Crippen LogP contribution in [0.1, 0.15) is 11.1 Å². The summed E-state index contributed by atoms with van der Waals surface area (Å²) in [5, 5.41) is 4.06. The number of hydrogen-bond acceptors (Lipinski definition) is 2. The van der Waals surface area contributed by atoms with E-state index in [4.69, 9.17) is 16.3 Å². The van der Waals surface area contributed by atoms with Crippen LogP contribution in [0, 0.1) is 5.82 Å². The zero-order valence-corrected chi connectivity index (χ0v) is 13.8. The Morgan fingerprint density at radius 3 is 2.33 bits per heavy atom. The fourth-order valence-electron chi connectivity index (χ4n) is 2.30. The monoisotopic (exact) mass is 341 g/mol. The summed E-state index contributed by atoms with van der Waals surface area (Å²) in [4.78, 5) is 0. The first kappa shape index (κ1) is 16.3. The Morgan fingerprint density at radius 2 is 1.58 bits per heavy atom. The number of benzene rings is 3. The van der Waals surface area contributed by atoms with E-state index in [1.54, 1.807) is 12.1 Å². The van der Waals surface area contributed by atoms with Gasteiger partial charge >= 0.3 is 0 Å². The molecule has 0 atom stereocenters. The summed E-state index contributed by atoms with van der Waals surface area (Å²) in [6.07, 6.45) is 0. The molecular formula is C20H17ClFNO. The maximum absolute atomic E-state index is 12.9. The van der Waals surface area contributed by atoms with Crippen LogP contribution in [0.2, 0.25) is 5.02 Å². The van der Waals surface area contributed by atoms with Crippen molar-refractivity contribution in [2.24, 2.45) is 0 Å². The summed E-state index contributed by atoms with van der Waals surface area (Å²) in [6, 6.07) is 21.8. The minimum absolute atomic E-state index is 0.244. The minimum Gasteiger partial charge on any atom is -0.489 e. The van der Waals surface area contributed by atoms with Gasteiger partial charge in [0.25, 0.3) is 0 Å². The summed E-state index contributed by atoms with van der Waals surface area (Å²) < 4.78 is 18.8. The van der Waals surface area contributed by atoms with Crippen molar-refractivity contribution < 1.29 is 9.13 Å². The van der Waals surface area contributed by atoms with Gasteiger partial charge in [0.1, 0.15) is 18.2 Å². The van der Waals surface area contributed by atoms with Gasteiger partial charge in [-0.3, -0.25) is 0 Å². The van der Waals surface area contributed by atoms with Gasteiger partial charge in [-0.05, 0) is 48.0 Å². The van der Waals surface area contributed by atoms with Crippen molar-refractivity contribution in [2.45, 2.75) is 13.2 Å². The lowest BCUT2D eigenvalue weighted by Gasteiger charge is -2.13. The molecule has 0 bridgehead atoms. The Balaban J connectivity index is 1.64. The predicted octanol–water partition coefficient (Wildman–Crippen LogP) is 5.67. The highest BCUT2D eigenvalue weighted by Crippen LogP contribution is 2.21. The van der Waals surface area contributed by atoms with Crippen molar-refractivity contribution in [3.05, 3.63) is 94.8 Å². The SMILES string of the molecule is Fc1ccc(COc2ccccc2CNc2ccc(Cl)cc2)cc1. The Morgan fingerprint density at radius 1 is 0.875 bits per heavy atom. The van der Waals surface area contributed by atoms with E-state index in [2.05, 4.69) is 5.32 Å². The number of nitrogens with one attached hydrogen (secondary N) is 1. The smallest absolute Gasteiger partial charge is 0.124 e. The lowest BCUT2D eigenvalue weighted by molar-refractivity contribution is 0.303. The number of ether oxygens (including phenoxy) is 1. The number of rotatable bonds is 6. The van der Waals surface area contributed by atoms with E-state index in [-0.39, 0.29) is 5.82 Å². The second-order valence-electron chi connectivity index (χ2n) is 5.38. The number of halogens is 2. The fourth-order valence-corrected chi connectivity index (χ4v) is 2.42. The van der Waals surface area contributed by atoms with E-state index < -0.39 is 0 Å². The van der Waals surface area contributed by atoms with Crippen molar-refractivity contribution >= 4 is 17.3 Å². The maximum atomic E-state index is 12.9. The first-order valence-corrected chi connectivity index (χ1v) is 8.03. The van der Waals surface area contributed by atoms with Gasteiger partial charge in [0.15, 0.2) is 0 Å². The fraction of sp³-hybridized carbons (Fsp3) is 0.100. The molecule has 3 aromatic rings. The second kappa shape index (κ2) is 7.84. The molecule has 0 unspecified atom stereocenters. The van der Waals surface area contributed by atoms with E-state index in [9.17, 15) is 4.39 Å². The third-order valence-electron chi connectivity index (χ3n) is 3.61. The molecule has 2 nitrogen and oxygen atoms in total. The molecule has 3 aromatic carbocycles. The molecule has 0 spiro atoms. The van der Waals surface area contributed by atoms with Gasteiger partial charge in [0, 0.05) is 22.8 Å². The zero-order chi connectivity index (χ0) is 16.8. The molecule has 0 aliphatic rings. The average Bonchev–Trinajstić information content (AvgIpc) is 2.61. The summed E-state index contributed by atoms with van der Waals surface area (Å²) in [6.45, 7) is 1.04. The van der Waals surface area contributed by atoms with Gasteiger partial charge < -0.3 is 10.1 Å². The standard InChI is InChI=1S/C20H17ClFNO/c21-17-7-11-19(12-8-17)23-13-16-3-1-2-4-20(16)24-14-15-5-9-18(22)10-6-15/h1-12,23H,13-14H2. The molecule has 0 aliphatic carbocycles. The van der Waals surface area contributed by atoms with Crippen molar-refractivity contribution in [3.63, 3.8) is 0 Å². The molecule has 0 aromatic heterocycles. The van der Waals surface area contributed by atoms with Gasteiger partial charge in [-0.1, -0.05) is 41.9 Å². The third-order valence-corrected chi connectivity index (χ3v) is 3.86. The molecule has 0 saturated carbocycles. The molecule has 0 aliphatic heterocycles. The quantitative estimate of drug-likeness (QED) is 0.623. The number of anilines is 1. The normalized spacial score (nSPS) is 10.4. The van der Waals surface area contributed by atoms with Crippen molar-refractivity contribution in [2.75, 3.05) is 5.32 Å². The van der Waals surface area contributed by atoms with Crippen LogP contribution in [-0.2, 0) is 13.2 Å². The lowest BCUT2D eigenvalue weighted by atomic mass is 10.2. The summed E-state index contributed by atoms with van der Waals surface area (Å²) >= 11 is 5.89. The average molecular weight is 342 g/mol. The van der Waals surface area contributed by atoms with Crippen molar-refractivity contribution in [3.8, 4) is 5.75 Å². The van der Waals surface area contributed by atoms with Crippen LogP contribution in [-0.4, -0.2) is 0 Å². The molecule has 1 N–H and O–H groups in total. The summed E-state index contributed by atoms with van der Waals surface area (Å²) in [7, 11) is 0. The summed E-state index contributed by atoms with van der Waals surface area (Å²) in [5.41, 5.74) is 2.97. The third kappa shape index (κ3) is 4.49. The molecule has 0 fully saturated rings. The Labute approximate surface area is 145 Å². The van der Waals surface area contributed by atoms with E-state index >= 15 is 0 Å². The topological polar surface area (TPSA) is 21.3 Å². The second-order valence-corrected chi connectivity index (χ2v) is 5.82. The van der Waals surface area contributed by atoms with Gasteiger partial charge in [-0.25, -0.2) is 4.39 Å². The van der Waals surface area contributed by atoms with E-state index in [0.29, 0.717) is 18.2 Å². The molecule has 0 radical (unpaired) electrons. The van der Waals surface area contributed by atoms with Gasteiger partial charge in [-0.15, -0.1) is 0 Å². The van der Waals surface area contributed by atoms with Crippen LogP contribution in [0.15, 0.2) is 72.8 Å². The molecule has 0 saturated heterocycles. The Kier molecular flexibility index (Phi) is 5.34. The largest absolute Gasteiger partial charge is 0.489 e. The molecule has 4 heteroatoms. The summed E-state index contributed by atoms with van der Waals surface area (Å²) in [5.74, 6) is 0.564. The maximum Gasteiger partial charge on any atom is 0.124 e. The van der Waals surface area contributed by atoms with Crippen LogP contribution < -0.4 is 10.1 Å². The first-order chi connectivity index (χ1) is 11.7. The van der Waals surface area contributed by atoms with Crippen molar-refractivity contribution in [1.29, 1.82) is 0 Å². The highest BCUT2D eigenvalue weighted by atomic mass is 35.5. The van der Waals surface area contributed by atoms with Crippen LogP contribution in [0.4, 0.5) is 10.1 Å². The van der Waals surface area contributed by atoms with Crippen LogP contribution in [0.25, 0.3) is 0 Å². The molecular weight excluding hydrogens is 325 g/mol. The number of para-hydroxylation sites is 1. The Bertz CT molecular complexity index is 719. The highest BCUT2D eigenvalue weighted by Gasteiger charge is 2.04. The molecule has 0 amide bonds. The minimum atomic E-state index is -0.244. The van der Waals surface area contributed by atoms with Gasteiger partial charge in [-0.2, -0.15) is 0 Å². The Hall–Kier alpha value is -2.52. The van der Waals surface area contributed by atoms with Crippen LogP contribution >= 0.6 is 11.6 Å². The molecule has 0 heterocycles. The van der Waals surface area contributed by atoms with Gasteiger partial charge in [0.2, 0.25) is 0 Å². The molecule has 122 valence electrons. The lowest BCUT2D eigenvalue weighted by Crippen LogP contribution is -2.03. The van der Waals surface area contributed by atoms with Crippen LogP contribution in [0.5, 0.6) is 5.75 Å². The predicted molar refractivity (Wildman–Crippen MR) is 96.0 cm³/mol. The zero-order valence-electron chi connectivity index (χ0n) is 13.0. The first-order valence-electron chi connectivity index (χ1n) is 7.65. The van der Waals surface area contributed by atoms with E-state index in [0.717, 1.165) is 22.6 Å². The molecule has 24 heavy (non-hydrogen) atoms. The number of hydrogen-bond donors (Lipinski definition) is 1. The van der Waals surface area contributed by atoms with Crippen LogP contribution in [0.3, 0.4) is 0 Å². The molecule has 3 rings (SSSR count).